The number of aliphatic hydroxyl groups is 1. The van der Waals surface area contributed by atoms with Crippen molar-refractivity contribution < 1.29 is 25.5 Å². The van der Waals surface area contributed by atoms with E-state index in [9.17, 15) is 25.5 Å². The molecular formula is C28H35NO5. The minimum atomic E-state index is -1.08. The Labute approximate surface area is 201 Å². The van der Waals surface area contributed by atoms with Crippen molar-refractivity contribution in [1.29, 1.82) is 0 Å². The number of hydrogen-bond donors (Lipinski definition) is 5. The van der Waals surface area contributed by atoms with E-state index in [-0.39, 0.29) is 29.0 Å². The number of phenols is 4. The molecule has 182 valence electrons. The monoisotopic (exact) mass is 465 g/mol. The van der Waals surface area contributed by atoms with Gasteiger partial charge in [0, 0.05) is 12.6 Å². The van der Waals surface area contributed by atoms with Crippen LogP contribution in [0.1, 0.15) is 43.4 Å². The zero-order valence-corrected chi connectivity index (χ0v) is 19.9. The summed E-state index contributed by atoms with van der Waals surface area (Å²) in [5.41, 5.74) is 1.96. The molecule has 0 bridgehead atoms. The van der Waals surface area contributed by atoms with Crippen LogP contribution in [0.3, 0.4) is 0 Å². The van der Waals surface area contributed by atoms with Gasteiger partial charge in [-0.25, -0.2) is 0 Å². The lowest BCUT2D eigenvalue weighted by Gasteiger charge is -2.41. The highest BCUT2D eigenvalue weighted by molar-refractivity contribution is 5.40. The quantitative estimate of drug-likeness (QED) is 0.207. The van der Waals surface area contributed by atoms with Crippen LogP contribution in [0.25, 0.3) is 0 Å². The fraction of sp³-hybridized carbons (Fsp3) is 0.357. The van der Waals surface area contributed by atoms with E-state index in [4.69, 9.17) is 0 Å². The lowest BCUT2D eigenvalue weighted by atomic mass is 9.97. The molecule has 0 heterocycles. The third kappa shape index (κ3) is 7.14. The van der Waals surface area contributed by atoms with Crippen LogP contribution in [-0.2, 0) is 19.3 Å². The topological polar surface area (TPSA) is 104 Å². The fourth-order valence-electron chi connectivity index (χ4n) is 4.29. The second-order valence-electron chi connectivity index (χ2n) is 9.20. The lowest BCUT2D eigenvalue weighted by Crippen LogP contribution is -2.52. The number of nitrogens with zero attached hydrogens (tertiary/aromatic N) is 1. The molecule has 0 fully saturated rings. The van der Waals surface area contributed by atoms with Gasteiger partial charge in [-0.05, 0) is 99.0 Å². The highest BCUT2D eigenvalue weighted by atomic mass is 16.3. The minimum absolute atomic E-state index is 0.0642. The van der Waals surface area contributed by atoms with Gasteiger partial charge in [-0.15, -0.1) is 0 Å². The summed E-state index contributed by atoms with van der Waals surface area (Å²) >= 11 is 0. The second-order valence-corrected chi connectivity index (χ2v) is 9.20. The number of benzene rings is 3. The van der Waals surface area contributed by atoms with Gasteiger partial charge in [0.05, 0.1) is 0 Å². The number of hydrogen-bond acceptors (Lipinski definition) is 6. The molecule has 5 N–H and O–H groups in total. The molecule has 0 saturated carbocycles. The molecule has 0 aliphatic carbocycles. The highest BCUT2D eigenvalue weighted by Gasteiger charge is 2.32. The van der Waals surface area contributed by atoms with Crippen LogP contribution in [0.2, 0.25) is 0 Å². The molecule has 3 rings (SSSR count). The molecule has 3 aromatic carbocycles. The van der Waals surface area contributed by atoms with Gasteiger partial charge >= 0.3 is 0 Å². The first kappa shape index (κ1) is 25.4. The molecule has 6 heteroatoms. The predicted octanol–water partition coefficient (Wildman–Crippen LogP) is 4.72. The summed E-state index contributed by atoms with van der Waals surface area (Å²) in [6.07, 6.45) is 3.41. The van der Waals surface area contributed by atoms with Crippen LogP contribution in [-0.4, -0.2) is 48.7 Å². The zero-order valence-electron chi connectivity index (χ0n) is 19.9. The number of aromatic hydroxyl groups is 4. The van der Waals surface area contributed by atoms with Gasteiger partial charge in [0.15, 0.2) is 11.5 Å². The van der Waals surface area contributed by atoms with Gasteiger partial charge < -0.3 is 25.5 Å². The predicted molar refractivity (Wildman–Crippen MR) is 133 cm³/mol. The van der Waals surface area contributed by atoms with E-state index in [1.807, 2.05) is 31.2 Å². The Morgan fingerprint density at radius 1 is 0.706 bits per heavy atom. The summed E-state index contributed by atoms with van der Waals surface area (Å²) in [4.78, 5) is 2.09. The normalized spacial score (nSPS) is 14.1. The number of rotatable bonds is 11. The molecule has 0 aliphatic rings. The van der Waals surface area contributed by atoms with E-state index in [1.165, 1.54) is 6.07 Å². The lowest BCUT2D eigenvalue weighted by molar-refractivity contribution is -0.118. The third-order valence-corrected chi connectivity index (χ3v) is 6.44. The third-order valence-electron chi connectivity index (χ3n) is 6.44. The van der Waals surface area contributed by atoms with E-state index in [2.05, 4.69) is 11.8 Å². The number of phenolic OH excluding ortho intramolecular Hbond substituents is 4. The summed E-state index contributed by atoms with van der Waals surface area (Å²) < 4.78 is 0. The molecule has 34 heavy (non-hydrogen) atoms. The molecule has 0 radical (unpaired) electrons. The molecule has 2 atom stereocenters. The maximum Gasteiger partial charge on any atom is 0.157 e. The molecule has 2 unspecified atom stereocenters. The van der Waals surface area contributed by atoms with Crippen LogP contribution in [0.15, 0.2) is 66.7 Å². The molecule has 0 aromatic heterocycles. The summed E-state index contributed by atoms with van der Waals surface area (Å²) in [5, 5.41) is 50.0. The van der Waals surface area contributed by atoms with Crippen LogP contribution in [0.4, 0.5) is 0 Å². The highest BCUT2D eigenvalue weighted by Crippen LogP contribution is 2.28. The van der Waals surface area contributed by atoms with Gasteiger partial charge in [0.25, 0.3) is 0 Å². The Kier molecular flexibility index (Phi) is 8.42. The van der Waals surface area contributed by atoms with Crippen molar-refractivity contribution in [2.75, 3.05) is 6.54 Å². The molecule has 0 amide bonds. The van der Waals surface area contributed by atoms with E-state index in [0.29, 0.717) is 25.8 Å². The van der Waals surface area contributed by atoms with Gasteiger partial charge in [-0.2, -0.15) is 0 Å². The van der Waals surface area contributed by atoms with Crippen LogP contribution < -0.4 is 0 Å². The Balaban J connectivity index is 1.71. The molecule has 6 nitrogen and oxygen atoms in total. The second kappa shape index (κ2) is 11.3. The Morgan fingerprint density at radius 2 is 1.24 bits per heavy atom. The van der Waals surface area contributed by atoms with Crippen molar-refractivity contribution in [3.63, 3.8) is 0 Å². The molecular weight excluding hydrogens is 430 g/mol. The first-order chi connectivity index (χ1) is 16.1. The van der Waals surface area contributed by atoms with E-state index in [0.717, 1.165) is 29.5 Å². The fourth-order valence-corrected chi connectivity index (χ4v) is 4.29. The van der Waals surface area contributed by atoms with E-state index < -0.39 is 5.72 Å². The number of aryl methyl sites for hydroxylation is 2. The van der Waals surface area contributed by atoms with Crippen molar-refractivity contribution in [3.8, 4) is 23.0 Å². The largest absolute Gasteiger partial charge is 0.508 e. The maximum absolute atomic E-state index is 11.5. The summed E-state index contributed by atoms with van der Waals surface area (Å²) in [5.74, 6) is 0.164. The molecule has 3 aromatic rings. The first-order valence-corrected chi connectivity index (χ1v) is 11.7. The minimum Gasteiger partial charge on any atom is -0.508 e. The van der Waals surface area contributed by atoms with Crippen molar-refractivity contribution >= 4 is 0 Å². The summed E-state index contributed by atoms with van der Waals surface area (Å²) in [6, 6.07) is 19.1. The average Bonchev–Trinajstić information content (AvgIpc) is 2.80. The molecule has 0 spiro atoms. The van der Waals surface area contributed by atoms with Gasteiger partial charge in [-0.1, -0.05) is 30.3 Å². The van der Waals surface area contributed by atoms with Crippen molar-refractivity contribution in [3.05, 3.63) is 83.4 Å². The molecule has 0 saturated heterocycles. The van der Waals surface area contributed by atoms with Crippen molar-refractivity contribution in [2.24, 2.45) is 0 Å². The Hall–Kier alpha value is -3.22. The Bertz CT molecular complexity index is 1050. The van der Waals surface area contributed by atoms with Crippen LogP contribution in [0.5, 0.6) is 23.0 Å². The summed E-state index contributed by atoms with van der Waals surface area (Å²) in [7, 11) is 0. The SMILES string of the molecule is CC(CCc1ccc(O)cc1)N(CCc1ccc(O)c(O)c1)C(C)(O)CCc1ccc(O)cc1. The maximum atomic E-state index is 11.5. The zero-order chi connectivity index (χ0) is 24.7. The Morgan fingerprint density at radius 3 is 1.79 bits per heavy atom. The van der Waals surface area contributed by atoms with Gasteiger partial charge in [-0.3, -0.25) is 4.90 Å². The van der Waals surface area contributed by atoms with Gasteiger partial charge in [0.1, 0.15) is 17.2 Å². The van der Waals surface area contributed by atoms with E-state index >= 15 is 0 Å². The van der Waals surface area contributed by atoms with Crippen LogP contribution >= 0.6 is 0 Å². The van der Waals surface area contributed by atoms with E-state index in [1.54, 1.807) is 36.4 Å². The van der Waals surface area contributed by atoms with Crippen LogP contribution in [0, 0.1) is 0 Å². The van der Waals surface area contributed by atoms with Crippen molar-refractivity contribution in [2.45, 2.75) is 57.7 Å². The average molecular weight is 466 g/mol. The first-order valence-electron chi connectivity index (χ1n) is 11.7. The molecule has 0 aliphatic heterocycles. The smallest absolute Gasteiger partial charge is 0.157 e. The standard InChI is InChI=1S/C28H35NO5/c1-20(3-4-21-5-10-24(30)11-6-21)29(18-16-23-9-14-26(32)27(33)19-23)28(2,34)17-15-22-7-12-25(31)13-8-22/h5-14,19-20,30-34H,3-4,15-18H2,1-2H3. The summed E-state index contributed by atoms with van der Waals surface area (Å²) in [6.45, 7) is 4.51. The van der Waals surface area contributed by atoms with Gasteiger partial charge in [0.2, 0.25) is 0 Å². The van der Waals surface area contributed by atoms with Crippen molar-refractivity contribution in [1.82, 2.24) is 4.90 Å².